The Morgan fingerprint density at radius 2 is 1.68 bits per heavy atom. The summed E-state index contributed by atoms with van der Waals surface area (Å²) in [6.45, 7) is 0. The van der Waals surface area contributed by atoms with Gasteiger partial charge in [0.15, 0.2) is 11.8 Å². The van der Waals surface area contributed by atoms with Crippen LogP contribution in [0.15, 0.2) is 42.5 Å². The van der Waals surface area contributed by atoms with Gasteiger partial charge in [-0.3, -0.25) is 4.79 Å². The zero-order valence-electron chi connectivity index (χ0n) is 13.1. The first kappa shape index (κ1) is 19.1. The number of carboxylic acids is 1. The second-order valence-corrected chi connectivity index (χ2v) is 5.90. The van der Waals surface area contributed by atoms with Crippen molar-refractivity contribution in [3.8, 4) is 5.75 Å². The molecule has 3 N–H and O–H groups in total. The average molecular weight is 384 g/mol. The van der Waals surface area contributed by atoms with Crippen molar-refractivity contribution in [2.75, 3.05) is 7.11 Å². The molecule has 0 bridgehead atoms. The summed E-state index contributed by atoms with van der Waals surface area (Å²) in [5, 5.41) is 22.1. The summed E-state index contributed by atoms with van der Waals surface area (Å²) in [7, 11) is 1.31. The Balaban J connectivity index is 2.34. The van der Waals surface area contributed by atoms with Gasteiger partial charge in [-0.25, -0.2) is 4.79 Å². The Kier molecular flexibility index (Phi) is 6.25. The van der Waals surface area contributed by atoms with Crippen LogP contribution in [-0.2, 0) is 4.79 Å². The lowest BCUT2D eigenvalue weighted by molar-refractivity contribution is -0.142. The number of aliphatic hydroxyl groups excluding tert-OH is 1. The Morgan fingerprint density at radius 1 is 1.08 bits per heavy atom. The maximum Gasteiger partial charge on any atom is 0.329 e. The molecule has 1 amide bonds. The van der Waals surface area contributed by atoms with Crippen LogP contribution in [0.2, 0.25) is 10.0 Å². The van der Waals surface area contributed by atoms with Crippen molar-refractivity contribution in [3.05, 3.63) is 63.6 Å². The number of nitrogens with one attached hydrogen (secondary N) is 1. The summed E-state index contributed by atoms with van der Waals surface area (Å²) in [4.78, 5) is 24.1. The number of ether oxygens (including phenoxy) is 1. The molecular weight excluding hydrogens is 369 g/mol. The Bertz CT molecular complexity index is 782. The van der Waals surface area contributed by atoms with Crippen LogP contribution in [0.25, 0.3) is 0 Å². The van der Waals surface area contributed by atoms with Crippen LogP contribution >= 0.6 is 23.2 Å². The van der Waals surface area contributed by atoms with Gasteiger partial charge in [0.05, 0.1) is 17.2 Å². The van der Waals surface area contributed by atoms with Crippen molar-refractivity contribution in [1.82, 2.24) is 5.32 Å². The normalized spacial score (nSPS) is 13.0. The predicted octanol–water partition coefficient (Wildman–Crippen LogP) is 2.92. The topological polar surface area (TPSA) is 95.9 Å². The number of hydrogen-bond acceptors (Lipinski definition) is 4. The number of benzene rings is 2. The molecule has 132 valence electrons. The summed E-state index contributed by atoms with van der Waals surface area (Å²) in [6.07, 6.45) is -1.45. The number of rotatable bonds is 6. The lowest BCUT2D eigenvalue weighted by Crippen LogP contribution is -2.45. The van der Waals surface area contributed by atoms with Crippen LogP contribution in [-0.4, -0.2) is 35.2 Å². The molecule has 0 saturated carbocycles. The van der Waals surface area contributed by atoms with Crippen LogP contribution in [0.4, 0.5) is 0 Å². The summed E-state index contributed by atoms with van der Waals surface area (Å²) in [5.74, 6) is -2.21. The zero-order valence-corrected chi connectivity index (χ0v) is 14.6. The molecule has 25 heavy (non-hydrogen) atoms. The van der Waals surface area contributed by atoms with Crippen LogP contribution in [0.1, 0.15) is 22.0 Å². The lowest BCUT2D eigenvalue weighted by atomic mass is 10.0. The fraction of sp³-hybridized carbons (Fsp3) is 0.176. The standard InChI is InChI=1S/C17H15Cl2NO5/c1-25-15-11(19)8-7-10(18)12(15)16(22)20-13(17(23)24)14(21)9-5-3-2-4-6-9/h2-8,13-14,21H,1H3,(H,20,22)(H,23,24). The van der Waals surface area contributed by atoms with Crippen LogP contribution < -0.4 is 10.1 Å². The highest BCUT2D eigenvalue weighted by Crippen LogP contribution is 2.34. The molecule has 0 fully saturated rings. The average Bonchev–Trinajstić information content (AvgIpc) is 2.61. The van der Waals surface area contributed by atoms with Gasteiger partial charge in [0.1, 0.15) is 11.7 Å². The molecule has 0 spiro atoms. The third kappa shape index (κ3) is 4.22. The van der Waals surface area contributed by atoms with Crippen molar-refractivity contribution >= 4 is 35.1 Å². The van der Waals surface area contributed by atoms with Gasteiger partial charge in [0, 0.05) is 0 Å². The van der Waals surface area contributed by atoms with E-state index >= 15 is 0 Å². The number of carbonyl (C=O) groups is 2. The highest BCUT2D eigenvalue weighted by atomic mass is 35.5. The molecular formula is C17H15Cl2NO5. The van der Waals surface area contributed by atoms with Gasteiger partial charge in [-0.2, -0.15) is 0 Å². The van der Waals surface area contributed by atoms with E-state index in [1.165, 1.54) is 19.2 Å². The number of carboxylic acid groups (broad SMARTS) is 1. The highest BCUT2D eigenvalue weighted by Gasteiger charge is 2.31. The number of carbonyl (C=O) groups excluding carboxylic acids is 1. The first-order chi connectivity index (χ1) is 11.9. The number of hydrogen-bond donors (Lipinski definition) is 3. The molecule has 0 saturated heterocycles. The van der Waals surface area contributed by atoms with Crippen LogP contribution in [0, 0.1) is 0 Å². The van der Waals surface area contributed by atoms with Gasteiger partial charge in [-0.05, 0) is 17.7 Å². The monoisotopic (exact) mass is 383 g/mol. The Labute approximate surface area is 153 Å². The fourth-order valence-corrected chi connectivity index (χ4v) is 2.75. The maximum absolute atomic E-state index is 12.5. The van der Waals surface area contributed by atoms with Crippen molar-refractivity contribution < 1.29 is 24.5 Å². The second kappa shape index (κ2) is 8.20. The molecule has 8 heteroatoms. The minimum Gasteiger partial charge on any atom is -0.494 e. The third-order valence-corrected chi connectivity index (χ3v) is 4.11. The van der Waals surface area contributed by atoms with E-state index in [0.29, 0.717) is 5.56 Å². The van der Waals surface area contributed by atoms with Crippen molar-refractivity contribution in [2.24, 2.45) is 0 Å². The molecule has 6 nitrogen and oxygen atoms in total. The molecule has 2 atom stereocenters. The van der Waals surface area contributed by atoms with E-state index < -0.39 is 24.0 Å². The summed E-state index contributed by atoms with van der Waals surface area (Å²) < 4.78 is 5.08. The minimum atomic E-state index is -1.59. The van der Waals surface area contributed by atoms with Crippen molar-refractivity contribution in [3.63, 3.8) is 0 Å². The quantitative estimate of drug-likeness (QED) is 0.712. The molecule has 0 heterocycles. The number of aliphatic carboxylic acids is 1. The third-order valence-electron chi connectivity index (χ3n) is 3.50. The van der Waals surface area contributed by atoms with Gasteiger partial charge < -0.3 is 20.3 Å². The number of aliphatic hydroxyl groups is 1. The highest BCUT2D eigenvalue weighted by molar-refractivity contribution is 6.37. The van der Waals surface area contributed by atoms with E-state index in [9.17, 15) is 19.8 Å². The largest absolute Gasteiger partial charge is 0.494 e. The predicted molar refractivity (Wildman–Crippen MR) is 93.3 cm³/mol. The molecule has 2 unspecified atom stereocenters. The molecule has 2 aromatic carbocycles. The summed E-state index contributed by atoms with van der Waals surface area (Å²) in [6, 6.07) is 9.39. The molecule has 2 aromatic rings. The maximum atomic E-state index is 12.5. The molecule has 0 aromatic heterocycles. The summed E-state index contributed by atoms with van der Waals surface area (Å²) >= 11 is 12.0. The van der Waals surface area contributed by atoms with Gasteiger partial charge in [-0.15, -0.1) is 0 Å². The lowest BCUT2D eigenvalue weighted by Gasteiger charge is -2.21. The SMILES string of the molecule is COc1c(Cl)ccc(Cl)c1C(=O)NC(C(=O)O)C(O)c1ccccc1. The Morgan fingerprint density at radius 3 is 2.24 bits per heavy atom. The number of amides is 1. The summed E-state index contributed by atoms with van der Waals surface area (Å²) in [5.41, 5.74) is 0.238. The number of halogens is 2. The van der Waals surface area contributed by atoms with E-state index in [1.54, 1.807) is 30.3 Å². The molecule has 0 aliphatic carbocycles. The zero-order chi connectivity index (χ0) is 18.6. The van der Waals surface area contributed by atoms with Crippen molar-refractivity contribution in [1.29, 1.82) is 0 Å². The van der Waals surface area contributed by atoms with Crippen molar-refractivity contribution in [2.45, 2.75) is 12.1 Å². The molecule has 0 radical (unpaired) electrons. The van der Waals surface area contributed by atoms with E-state index in [-0.39, 0.29) is 21.4 Å². The smallest absolute Gasteiger partial charge is 0.329 e. The van der Waals surface area contributed by atoms with Gasteiger partial charge >= 0.3 is 5.97 Å². The molecule has 0 aliphatic rings. The fourth-order valence-electron chi connectivity index (χ4n) is 2.28. The van der Waals surface area contributed by atoms with E-state index in [0.717, 1.165) is 0 Å². The first-order valence-corrected chi connectivity index (χ1v) is 7.91. The van der Waals surface area contributed by atoms with Gasteiger partial charge in [0.25, 0.3) is 5.91 Å². The van der Waals surface area contributed by atoms with Gasteiger partial charge in [0.2, 0.25) is 0 Å². The van der Waals surface area contributed by atoms with E-state index in [2.05, 4.69) is 5.32 Å². The molecule has 2 rings (SSSR count). The number of methoxy groups -OCH3 is 1. The van der Waals surface area contributed by atoms with Crippen LogP contribution in [0.5, 0.6) is 5.75 Å². The minimum absolute atomic E-state index is 0.0185. The Hall–Kier alpha value is -2.28. The van der Waals surface area contributed by atoms with E-state index in [4.69, 9.17) is 27.9 Å². The first-order valence-electron chi connectivity index (χ1n) is 7.15. The molecule has 0 aliphatic heterocycles. The van der Waals surface area contributed by atoms with Gasteiger partial charge in [-0.1, -0.05) is 53.5 Å². The van der Waals surface area contributed by atoms with Crippen LogP contribution in [0.3, 0.4) is 0 Å². The second-order valence-electron chi connectivity index (χ2n) is 5.08. The van der Waals surface area contributed by atoms with E-state index in [1.807, 2.05) is 0 Å².